The molecule has 4 atom stereocenters. The molecule has 7 heteroatoms. The Labute approximate surface area is 188 Å². The van der Waals surface area contributed by atoms with E-state index in [9.17, 15) is 24.9 Å². The van der Waals surface area contributed by atoms with Crippen molar-refractivity contribution in [2.45, 2.75) is 134 Å². The summed E-state index contributed by atoms with van der Waals surface area (Å²) in [7, 11) is 0. The molecule has 0 fully saturated rings. The third kappa shape index (κ3) is 16.3. The number of aldehydes is 1. The van der Waals surface area contributed by atoms with Gasteiger partial charge in [-0.25, -0.2) is 0 Å². The minimum Gasteiger partial charge on any atom is -0.456 e. The maximum atomic E-state index is 11.9. The Hall–Kier alpha value is -1.02. The molecule has 0 aromatic carbocycles. The molecule has 0 bridgehead atoms. The lowest BCUT2D eigenvalue weighted by Gasteiger charge is -2.27. The zero-order valence-electron chi connectivity index (χ0n) is 19.4. The molecule has 0 saturated carbocycles. The number of unbranched alkanes of at least 4 members (excludes halogenated alkanes) is 14. The van der Waals surface area contributed by atoms with Crippen molar-refractivity contribution in [2.24, 2.45) is 0 Å². The number of ether oxygens (including phenoxy) is 1. The number of aliphatic hydroxyl groups is 4. The van der Waals surface area contributed by atoms with Gasteiger partial charge in [0.1, 0.15) is 18.3 Å². The maximum Gasteiger partial charge on any atom is 0.306 e. The average molecular weight is 447 g/mol. The molecule has 0 heterocycles. The molecule has 0 amide bonds. The fraction of sp³-hybridized carbons (Fsp3) is 0.917. The minimum atomic E-state index is -1.76. The lowest BCUT2D eigenvalue weighted by molar-refractivity contribution is -0.174. The van der Waals surface area contributed by atoms with E-state index in [2.05, 4.69) is 6.92 Å². The van der Waals surface area contributed by atoms with Gasteiger partial charge in [-0.05, 0) is 6.42 Å². The van der Waals surface area contributed by atoms with Crippen molar-refractivity contribution in [2.75, 3.05) is 6.61 Å². The van der Waals surface area contributed by atoms with Gasteiger partial charge in [-0.2, -0.15) is 0 Å². The standard InChI is InChI=1S/C24H46O7/c1-2-3-4-5-6-7-8-9-10-11-12-13-14-15-16-17-22(29)31-24(21(28)19-26)23(30)20(27)18-25/h19-21,23-25,27-28,30H,2-18H2,1H3/t20-,21-,23-,24-/m1/s1. The average Bonchev–Trinajstić information content (AvgIpc) is 2.78. The van der Waals surface area contributed by atoms with Crippen molar-refractivity contribution in [3.05, 3.63) is 0 Å². The summed E-state index contributed by atoms with van der Waals surface area (Å²) in [5.74, 6) is -0.648. The second-order valence-electron chi connectivity index (χ2n) is 8.52. The minimum absolute atomic E-state index is 0.113. The van der Waals surface area contributed by atoms with Crippen LogP contribution in [0.5, 0.6) is 0 Å². The van der Waals surface area contributed by atoms with E-state index in [0.29, 0.717) is 6.42 Å². The van der Waals surface area contributed by atoms with Crippen molar-refractivity contribution >= 4 is 12.3 Å². The van der Waals surface area contributed by atoms with Gasteiger partial charge in [-0.1, -0.05) is 96.8 Å². The number of carbonyl (C=O) groups excluding carboxylic acids is 2. The van der Waals surface area contributed by atoms with E-state index < -0.39 is 37.0 Å². The first kappa shape index (κ1) is 30.0. The van der Waals surface area contributed by atoms with Crippen molar-refractivity contribution in [1.29, 1.82) is 0 Å². The molecule has 0 aromatic rings. The normalized spacial score (nSPS) is 15.3. The predicted octanol–water partition coefficient (Wildman–Crippen LogP) is 3.43. The van der Waals surface area contributed by atoms with E-state index in [0.717, 1.165) is 19.3 Å². The Balaban J connectivity index is 3.69. The van der Waals surface area contributed by atoms with Crippen LogP contribution in [0.25, 0.3) is 0 Å². The summed E-state index contributed by atoms with van der Waals surface area (Å²) in [5.41, 5.74) is 0. The topological polar surface area (TPSA) is 124 Å². The van der Waals surface area contributed by atoms with E-state index in [1.54, 1.807) is 0 Å². The van der Waals surface area contributed by atoms with Crippen LogP contribution >= 0.6 is 0 Å². The molecular formula is C24H46O7. The molecule has 0 aliphatic carbocycles. The first-order valence-corrected chi connectivity index (χ1v) is 12.3. The summed E-state index contributed by atoms with van der Waals surface area (Å²) in [4.78, 5) is 22.7. The first-order chi connectivity index (χ1) is 15.0. The second-order valence-corrected chi connectivity index (χ2v) is 8.52. The third-order valence-electron chi connectivity index (χ3n) is 5.65. The van der Waals surface area contributed by atoms with Crippen LogP contribution in [-0.2, 0) is 14.3 Å². The number of esters is 1. The van der Waals surface area contributed by atoms with Gasteiger partial charge in [0.15, 0.2) is 12.4 Å². The van der Waals surface area contributed by atoms with E-state index in [4.69, 9.17) is 9.84 Å². The monoisotopic (exact) mass is 446 g/mol. The highest BCUT2D eigenvalue weighted by Crippen LogP contribution is 2.15. The predicted molar refractivity (Wildman–Crippen MR) is 121 cm³/mol. The summed E-state index contributed by atoms with van der Waals surface area (Å²) >= 11 is 0. The molecule has 184 valence electrons. The van der Waals surface area contributed by atoms with Crippen molar-refractivity contribution in [3.63, 3.8) is 0 Å². The Morgan fingerprint density at radius 2 is 1.19 bits per heavy atom. The Morgan fingerprint density at radius 3 is 1.58 bits per heavy atom. The molecule has 0 aromatic heterocycles. The van der Waals surface area contributed by atoms with Gasteiger partial charge in [-0.15, -0.1) is 0 Å². The number of hydrogen-bond acceptors (Lipinski definition) is 7. The highest BCUT2D eigenvalue weighted by atomic mass is 16.6. The lowest BCUT2D eigenvalue weighted by atomic mass is 10.0. The van der Waals surface area contributed by atoms with Gasteiger partial charge < -0.3 is 30.0 Å². The fourth-order valence-corrected chi connectivity index (χ4v) is 3.60. The third-order valence-corrected chi connectivity index (χ3v) is 5.65. The second kappa shape index (κ2) is 20.9. The van der Waals surface area contributed by atoms with Crippen LogP contribution in [0, 0.1) is 0 Å². The fourth-order valence-electron chi connectivity index (χ4n) is 3.60. The Morgan fingerprint density at radius 1 is 0.774 bits per heavy atom. The molecule has 0 aliphatic rings. The maximum absolute atomic E-state index is 11.9. The van der Waals surface area contributed by atoms with Gasteiger partial charge >= 0.3 is 5.97 Å². The number of carbonyl (C=O) groups is 2. The summed E-state index contributed by atoms with van der Waals surface area (Å²) < 4.78 is 4.97. The molecule has 7 nitrogen and oxygen atoms in total. The Bertz CT molecular complexity index is 430. The summed E-state index contributed by atoms with van der Waals surface area (Å²) in [6.07, 6.45) is 11.8. The zero-order valence-corrected chi connectivity index (χ0v) is 19.4. The molecule has 31 heavy (non-hydrogen) atoms. The largest absolute Gasteiger partial charge is 0.456 e. The number of aliphatic hydroxyl groups excluding tert-OH is 4. The highest BCUT2D eigenvalue weighted by Gasteiger charge is 2.34. The van der Waals surface area contributed by atoms with Crippen LogP contribution in [0.4, 0.5) is 0 Å². The molecule has 4 N–H and O–H groups in total. The quantitative estimate of drug-likeness (QED) is 0.114. The molecule has 0 unspecified atom stereocenters. The van der Waals surface area contributed by atoms with E-state index in [1.807, 2.05) is 0 Å². The van der Waals surface area contributed by atoms with Gasteiger partial charge in [0.25, 0.3) is 0 Å². The number of rotatable bonds is 22. The van der Waals surface area contributed by atoms with E-state index in [-0.39, 0.29) is 12.7 Å². The smallest absolute Gasteiger partial charge is 0.306 e. The SMILES string of the molecule is CCCCCCCCCCCCCCCCCC(=O)O[C@@H]([C@H](O)[C@H](O)CO)[C@H](O)C=O. The molecule has 0 spiro atoms. The molecule has 0 saturated heterocycles. The summed E-state index contributed by atoms with van der Waals surface area (Å²) in [6, 6.07) is 0. The van der Waals surface area contributed by atoms with Crippen LogP contribution in [0.1, 0.15) is 110 Å². The molecular weight excluding hydrogens is 400 g/mol. The van der Waals surface area contributed by atoms with Gasteiger partial charge in [0, 0.05) is 6.42 Å². The lowest BCUT2D eigenvalue weighted by Crippen LogP contribution is -2.48. The summed E-state index contributed by atoms with van der Waals surface area (Å²) in [6.45, 7) is 1.47. The summed E-state index contributed by atoms with van der Waals surface area (Å²) in [5, 5.41) is 37.7. The molecule has 0 radical (unpaired) electrons. The van der Waals surface area contributed by atoms with Crippen molar-refractivity contribution in [1.82, 2.24) is 0 Å². The van der Waals surface area contributed by atoms with Crippen LogP contribution in [0.15, 0.2) is 0 Å². The van der Waals surface area contributed by atoms with Crippen LogP contribution in [-0.4, -0.2) is 63.7 Å². The molecule has 0 aliphatic heterocycles. The van der Waals surface area contributed by atoms with Crippen LogP contribution < -0.4 is 0 Å². The zero-order chi connectivity index (χ0) is 23.3. The van der Waals surface area contributed by atoms with Crippen LogP contribution in [0.2, 0.25) is 0 Å². The van der Waals surface area contributed by atoms with E-state index in [1.165, 1.54) is 70.6 Å². The van der Waals surface area contributed by atoms with Gasteiger partial charge in [0.2, 0.25) is 0 Å². The Kier molecular flexibility index (Phi) is 20.2. The number of hydrogen-bond donors (Lipinski definition) is 4. The van der Waals surface area contributed by atoms with Crippen molar-refractivity contribution < 1.29 is 34.8 Å². The highest BCUT2D eigenvalue weighted by molar-refractivity contribution is 5.70. The first-order valence-electron chi connectivity index (χ1n) is 12.3. The van der Waals surface area contributed by atoms with Gasteiger partial charge in [0.05, 0.1) is 6.61 Å². The van der Waals surface area contributed by atoms with Crippen molar-refractivity contribution in [3.8, 4) is 0 Å². The van der Waals surface area contributed by atoms with E-state index >= 15 is 0 Å². The van der Waals surface area contributed by atoms with Gasteiger partial charge in [-0.3, -0.25) is 4.79 Å². The van der Waals surface area contributed by atoms with Crippen LogP contribution in [0.3, 0.4) is 0 Å². The molecule has 0 rings (SSSR count).